The number of aliphatic hydroxyl groups excluding tert-OH is 1. The summed E-state index contributed by atoms with van der Waals surface area (Å²) in [7, 11) is 2.15. The molecule has 2 heterocycles. The van der Waals surface area contributed by atoms with Crippen LogP contribution in [0.1, 0.15) is 12.8 Å². The predicted molar refractivity (Wildman–Crippen MR) is 52.0 cm³/mol. The van der Waals surface area contributed by atoms with Crippen molar-refractivity contribution in [2.75, 3.05) is 13.6 Å². The Morgan fingerprint density at radius 2 is 2.46 bits per heavy atom. The van der Waals surface area contributed by atoms with Crippen LogP contribution in [-0.2, 0) is 0 Å². The SMILES string of the molecule is CN1CCC[C@H]1C1=CNC(O)C=C1. The Morgan fingerprint density at radius 1 is 1.62 bits per heavy atom. The lowest BCUT2D eigenvalue weighted by atomic mass is 10.0. The fraction of sp³-hybridized carbons (Fsp3) is 0.600. The molecule has 2 aliphatic heterocycles. The third-order valence-corrected chi connectivity index (χ3v) is 2.80. The first-order chi connectivity index (χ1) is 6.27. The molecule has 0 amide bonds. The molecule has 0 spiro atoms. The smallest absolute Gasteiger partial charge is 0.143 e. The number of rotatable bonds is 1. The Morgan fingerprint density at radius 3 is 3.00 bits per heavy atom. The molecule has 3 heteroatoms. The molecule has 1 fully saturated rings. The number of hydrogen-bond donors (Lipinski definition) is 2. The van der Waals surface area contributed by atoms with Crippen molar-refractivity contribution in [3.63, 3.8) is 0 Å². The molecule has 0 aromatic rings. The molecule has 1 unspecified atom stereocenters. The van der Waals surface area contributed by atoms with Gasteiger partial charge in [-0.1, -0.05) is 6.08 Å². The maximum Gasteiger partial charge on any atom is 0.143 e. The van der Waals surface area contributed by atoms with Crippen LogP contribution in [0.3, 0.4) is 0 Å². The van der Waals surface area contributed by atoms with E-state index in [4.69, 9.17) is 0 Å². The zero-order chi connectivity index (χ0) is 9.26. The van der Waals surface area contributed by atoms with E-state index in [1.807, 2.05) is 12.3 Å². The molecule has 0 radical (unpaired) electrons. The summed E-state index contributed by atoms with van der Waals surface area (Å²) in [6.45, 7) is 1.18. The molecule has 0 saturated carbocycles. The van der Waals surface area contributed by atoms with Gasteiger partial charge in [0.2, 0.25) is 0 Å². The van der Waals surface area contributed by atoms with Gasteiger partial charge in [-0.2, -0.15) is 0 Å². The van der Waals surface area contributed by atoms with Gasteiger partial charge in [0, 0.05) is 12.2 Å². The largest absolute Gasteiger partial charge is 0.370 e. The summed E-state index contributed by atoms with van der Waals surface area (Å²) >= 11 is 0. The first kappa shape index (κ1) is 8.78. The average molecular weight is 180 g/mol. The molecule has 1 saturated heterocycles. The number of nitrogens with zero attached hydrogens (tertiary/aromatic N) is 1. The van der Waals surface area contributed by atoms with Gasteiger partial charge in [0.1, 0.15) is 6.23 Å². The Bertz CT molecular complexity index is 247. The molecule has 0 aliphatic carbocycles. The average Bonchev–Trinajstić information content (AvgIpc) is 2.53. The van der Waals surface area contributed by atoms with Gasteiger partial charge in [-0.05, 0) is 38.1 Å². The molecule has 0 bridgehead atoms. The van der Waals surface area contributed by atoms with Crippen LogP contribution in [-0.4, -0.2) is 35.9 Å². The zero-order valence-electron chi connectivity index (χ0n) is 7.90. The number of aliphatic hydroxyl groups is 1. The molecule has 2 atom stereocenters. The fourth-order valence-electron chi connectivity index (χ4n) is 2.03. The number of dihydropyridines is 1. The van der Waals surface area contributed by atoms with E-state index in [2.05, 4.69) is 17.3 Å². The maximum atomic E-state index is 9.18. The molecule has 13 heavy (non-hydrogen) atoms. The lowest BCUT2D eigenvalue weighted by Crippen LogP contribution is -2.31. The number of likely N-dealkylation sites (N-methyl/N-ethyl adjacent to an activating group) is 1. The quantitative estimate of drug-likeness (QED) is 0.614. The van der Waals surface area contributed by atoms with Crippen molar-refractivity contribution in [1.29, 1.82) is 0 Å². The molecule has 2 rings (SSSR count). The molecule has 72 valence electrons. The second kappa shape index (κ2) is 3.52. The van der Waals surface area contributed by atoms with Crippen LogP contribution in [0, 0.1) is 0 Å². The van der Waals surface area contributed by atoms with Crippen LogP contribution in [0.15, 0.2) is 23.9 Å². The van der Waals surface area contributed by atoms with Crippen LogP contribution in [0.25, 0.3) is 0 Å². The monoisotopic (exact) mass is 180 g/mol. The highest BCUT2D eigenvalue weighted by Gasteiger charge is 2.24. The van der Waals surface area contributed by atoms with Crippen molar-refractivity contribution in [1.82, 2.24) is 10.2 Å². The Labute approximate surface area is 78.7 Å². The van der Waals surface area contributed by atoms with Gasteiger partial charge >= 0.3 is 0 Å². The van der Waals surface area contributed by atoms with Crippen molar-refractivity contribution in [3.05, 3.63) is 23.9 Å². The van der Waals surface area contributed by atoms with Gasteiger partial charge in [0.15, 0.2) is 0 Å². The van der Waals surface area contributed by atoms with Gasteiger partial charge in [0.05, 0.1) is 0 Å². The summed E-state index contributed by atoms with van der Waals surface area (Å²) < 4.78 is 0. The number of hydrogen-bond acceptors (Lipinski definition) is 3. The van der Waals surface area contributed by atoms with E-state index < -0.39 is 6.23 Å². The molecular weight excluding hydrogens is 164 g/mol. The normalized spacial score (nSPS) is 34.5. The Balaban J connectivity index is 2.05. The summed E-state index contributed by atoms with van der Waals surface area (Å²) in [5.41, 5.74) is 1.28. The van der Waals surface area contributed by atoms with E-state index in [1.54, 1.807) is 6.08 Å². The lowest BCUT2D eigenvalue weighted by Gasteiger charge is -2.23. The van der Waals surface area contributed by atoms with Crippen LogP contribution in [0.4, 0.5) is 0 Å². The van der Waals surface area contributed by atoms with Crippen molar-refractivity contribution in [3.8, 4) is 0 Å². The van der Waals surface area contributed by atoms with E-state index in [0.29, 0.717) is 6.04 Å². The van der Waals surface area contributed by atoms with Crippen LogP contribution >= 0.6 is 0 Å². The molecule has 0 aromatic heterocycles. The highest BCUT2D eigenvalue weighted by atomic mass is 16.3. The standard InChI is InChI=1S/C10H16N2O/c1-12-6-2-3-9(12)8-4-5-10(13)11-7-8/h4-5,7,9-11,13H,2-3,6H2,1H3/t9-,10?/m0/s1. The highest BCUT2D eigenvalue weighted by molar-refractivity contribution is 5.28. The fourth-order valence-corrected chi connectivity index (χ4v) is 2.03. The van der Waals surface area contributed by atoms with E-state index in [9.17, 15) is 5.11 Å². The summed E-state index contributed by atoms with van der Waals surface area (Å²) in [5.74, 6) is 0. The molecule has 3 nitrogen and oxygen atoms in total. The highest BCUT2D eigenvalue weighted by Crippen LogP contribution is 2.23. The third-order valence-electron chi connectivity index (χ3n) is 2.80. The van der Waals surface area contributed by atoms with E-state index >= 15 is 0 Å². The van der Waals surface area contributed by atoms with Crippen molar-refractivity contribution in [2.24, 2.45) is 0 Å². The first-order valence-corrected chi connectivity index (χ1v) is 4.80. The van der Waals surface area contributed by atoms with Crippen LogP contribution in [0.2, 0.25) is 0 Å². The molecular formula is C10H16N2O. The number of nitrogens with one attached hydrogen (secondary N) is 1. The first-order valence-electron chi connectivity index (χ1n) is 4.80. The van der Waals surface area contributed by atoms with E-state index in [-0.39, 0.29) is 0 Å². The van der Waals surface area contributed by atoms with Crippen molar-refractivity contribution < 1.29 is 5.11 Å². The lowest BCUT2D eigenvalue weighted by molar-refractivity contribution is 0.199. The van der Waals surface area contributed by atoms with Gasteiger partial charge in [-0.15, -0.1) is 0 Å². The summed E-state index contributed by atoms with van der Waals surface area (Å²) in [6.07, 6.45) is 7.74. The summed E-state index contributed by atoms with van der Waals surface area (Å²) in [6, 6.07) is 0.538. The summed E-state index contributed by atoms with van der Waals surface area (Å²) in [4.78, 5) is 2.36. The zero-order valence-corrected chi connectivity index (χ0v) is 7.90. The number of likely N-dealkylation sites (tertiary alicyclic amines) is 1. The van der Waals surface area contributed by atoms with Gasteiger partial charge in [-0.25, -0.2) is 0 Å². The predicted octanol–water partition coefficient (Wildman–Crippen LogP) is 0.442. The Hall–Kier alpha value is -0.800. The molecule has 2 N–H and O–H groups in total. The second-order valence-corrected chi connectivity index (χ2v) is 3.75. The van der Waals surface area contributed by atoms with Gasteiger partial charge in [-0.3, -0.25) is 4.90 Å². The summed E-state index contributed by atoms with van der Waals surface area (Å²) in [5, 5.41) is 12.1. The van der Waals surface area contributed by atoms with Crippen LogP contribution in [0.5, 0.6) is 0 Å². The topological polar surface area (TPSA) is 35.5 Å². The van der Waals surface area contributed by atoms with E-state index in [1.165, 1.54) is 25.0 Å². The van der Waals surface area contributed by atoms with Gasteiger partial charge < -0.3 is 10.4 Å². The van der Waals surface area contributed by atoms with E-state index in [0.717, 1.165) is 0 Å². The van der Waals surface area contributed by atoms with Crippen molar-refractivity contribution >= 4 is 0 Å². The minimum Gasteiger partial charge on any atom is -0.370 e. The third kappa shape index (κ3) is 1.76. The molecule has 0 aromatic carbocycles. The van der Waals surface area contributed by atoms with Gasteiger partial charge in [0.25, 0.3) is 0 Å². The maximum absolute atomic E-state index is 9.18. The minimum atomic E-state index is -0.504. The second-order valence-electron chi connectivity index (χ2n) is 3.75. The molecule has 2 aliphatic rings. The minimum absolute atomic E-state index is 0.504. The van der Waals surface area contributed by atoms with Crippen molar-refractivity contribution in [2.45, 2.75) is 25.1 Å². The Kier molecular flexibility index (Phi) is 2.38. The van der Waals surface area contributed by atoms with Crippen LogP contribution < -0.4 is 5.32 Å².